The Morgan fingerprint density at radius 2 is 1.83 bits per heavy atom. The molecule has 7 heteroatoms. The predicted molar refractivity (Wildman–Crippen MR) is 111 cm³/mol. The maximum absolute atomic E-state index is 13.5. The Kier molecular flexibility index (Phi) is 6.82. The summed E-state index contributed by atoms with van der Waals surface area (Å²) >= 11 is 0. The number of aryl methyl sites for hydroxylation is 2. The summed E-state index contributed by atoms with van der Waals surface area (Å²) in [5.41, 5.74) is 3.32. The molecule has 0 saturated carbocycles. The molecule has 0 aliphatic heterocycles. The summed E-state index contributed by atoms with van der Waals surface area (Å²) in [6, 6.07) is 10.6. The van der Waals surface area contributed by atoms with E-state index in [0.29, 0.717) is 30.7 Å². The van der Waals surface area contributed by atoms with E-state index < -0.39 is 0 Å². The summed E-state index contributed by atoms with van der Waals surface area (Å²) < 4.78 is 33.7. The van der Waals surface area contributed by atoms with Crippen molar-refractivity contribution in [3.63, 3.8) is 0 Å². The standard InChI is InChI=1S/C23H25F2N3O2/c1-16-21(17-6-8-19(24)9-7-17)15-28(26-16)12-4-5-23(29)27(2)14-18-13-20(25)10-11-22(18)30-3/h6-11,13,15H,4-5,12,14H2,1-3H3. The second-order valence-corrected chi connectivity index (χ2v) is 7.21. The van der Waals surface area contributed by atoms with Crippen LogP contribution in [0.1, 0.15) is 24.1 Å². The third-order valence-electron chi connectivity index (χ3n) is 4.96. The van der Waals surface area contributed by atoms with Crippen molar-refractivity contribution in [2.45, 2.75) is 32.9 Å². The lowest BCUT2D eigenvalue weighted by Gasteiger charge is -2.19. The van der Waals surface area contributed by atoms with Gasteiger partial charge in [0.1, 0.15) is 17.4 Å². The topological polar surface area (TPSA) is 47.4 Å². The summed E-state index contributed by atoms with van der Waals surface area (Å²) in [5, 5.41) is 4.49. The molecule has 5 nitrogen and oxygen atoms in total. The highest BCUT2D eigenvalue weighted by molar-refractivity contribution is 5.75. The zero-order valence-electron chi connectivity index (χ0n) is 17.4. The van der Waals surface area contributed by atoms with E-state index in [1.54, 1.807) is 34.8 Å². The van der Waals surface area contributed by atoms with Gasteiger partial charge in [-0.15, -0.1) is 0 Å². The Labute approximate surface area is 174 Å². The number of ether oxygens (including phenoxy) is 1. The number of methoxy groups -OCH3 is 1. The lowest BCUT2D eigenvalue weighted by Crippen LogP contribution is -2.26. The van der Waals surface area contributed by atoms with Crippen LogP contribution in [0, 0.1) is 18.6 Å². The largest absolute Gasteiger partial charge is 0.496 e. The van der Waals surface area contributed by atoms with Crippen LogP contribution in [-0.2, 0) is 17.9 Å². The minimum Gasteiger partial charge on any atom is -0.496 e. The summed E-state index contributed by atoms with van der Waals surface area (Å²) in [7, 11) is 3.21. The van der Waals surface area contributed by atoms with Crippen LogP contribution in [0.3, 0.4) is 0 Å². The summed E-state index contributed by atoms with van der Waals surface area (Å²) in [4.78, 5) is 14.0. The first-order valence-electron chi connectivity index (χ1n) is 9.73. The van der Waals surface area contributed by atoms with Crippen molar-refractivity contribution in [2.75, 3.05) is 14.2 Å². The fraction of sp³-hybridized carbons (Fsp3) is 0.304. The number of hydrogen-bond acceptors (Lipinski definition) is 3. The third-order valence-corrected chi connectivity index (χ3v) is 4.96. The Balaban J connectivity index is 1.55. The van der Waals surface area contributed by atoms with E-state index in [0.717, 1.165) is 16.8 Å². The van der Waals surface area contributed by atoms with Gasteiger partial charge >= 0.3 is 0 Å². The summed E-state index contributed by atoms with van der Waals surface area (Å²) in [5.74, 6) is -0.125. The molecule has 2 aromatic carbocycles. The Morgan fingerprint density at radius 1 is 1.13 bits per heavy atom. The highest BCUT2D eigenvalue weighted by Gasteiger charge is 2.14. The molecule has 1 heterocycles. The number of halogens is 2. The quantitative estimate of drug-likeness (QED) is 0.543. The van der Waals surface area contributed by atoms with E-state index in [2.05, 4.69) is 5.10 Å². The third kappa shape index (κ3) is 5.23. The number of benzene rings is 2. The number of hydrogen-bond donors (Lipinski definition) is 0. The van der Waals surface area contributed by atoms with Gasteiger partial charge in [0.05, 0.1) is 12.8 Å². The Morgan fingerprint density at radius 3 is 2.53 bits per heavy atom. The van der Waals surface area contributed by atoms with Gasteiger partial charge in [-0.05, 0) is 49.2 Å². The van der Waals surface area contributed by atoms with Crippen molar-refractivity contribution in [2.24, 2.45) is 0 Å². The average molecular weight is 413 g/mol. The fourth-order valence-electron chi connectivity index (χ4n) is 3.34. The first-order valence-corrected chi connectivity index (χ1v) is 9.73. The molecular formula is C23H25F2N3O2. The van der Waals surface area contributed by atoms with E-state index in [-0.39, 0.29) is 24.1 Å². The molecule has 1 aromatic heterocycles. The predicted octanol–water partition coefficient (Wildman–Crippen LogP) is 4.58. The van der Waals surface area contributed by atoms with Crippen LogP contribution in [0.25, 0.3) is 11.1 Å². The van der Waals surface area contributed by atoms with Gasteiger partial charge in [-0.3, -0.25) is 9.48 Å². The van der Waals surface area contributed by atoms with Crippen LogP contribution in [0.15, 0.2) is 48.7 Å². The van der Waals surface area contributed by atoms with Crippen LogP contribution < -0.4 is 4.74 Å². The molecule has 0 bridgehead atoms. The Bertz CT molecular complexity index is 1020. The first kappa shape index (κ1) is 21.5. The minimum atomic E-state index is -0.363. The second-order valence-electron chi connectivity index (χ2n) is 7.21. The van der Waals surface area contributed by atoms with Crippen LogP contribution in [0.2, 0.25) is 0 Å². The van der Waals surface area contributed by atoms with Crippen molar-refractivity contribution >= 4 is 5.91 Å². The van der Waals surface area contributed by atoms with E-state index in [1.165, 1.54) is 31.4 Å². The number of nitrogens with zero attached hydrogens (tertiary/aromatic N) is 3. The normalized spacial score (nSPS) is 10.8. The SMILES string of the molecule is COc1ccc(F)cc1CN(C)C(=O)CCCn1cc(-c2ccc(F)cc2)c(C)n1. The van der Waals surface area contributed by atoms with Crippen molar-refractivity contribution in [3.05, 3.63) is 71.6 Å². The van der Waals surface area contributed by atoms with Crippen LogP contribution >= 0.6 is 0 Å². The van der Waals surface area contributed by atoms with Crippen LogP contribution in [0.5, 0.6) is 5.75 Å². The van der Waals surface area contributed by atoms with Gasteiger partial charge in [-0.1, -0.05) is 12.1 Å². The molecule has 0 spiro atoms. The molecule has 0 aliphatic rings. The zero-order chi connectivity index (χ0) is 21.7. The van der Waals surface area contributed by atoms with Gasteiger partial charge in [0.15, 0.2) is 0 Å². The second kappa shape index (κ2) is 9.52. The highest BCUT2D eigenvalue weighted by atomic mass is 19.1. The van der Waals surface area contributed by atoms with Crippen molar-refractivity contribution in [3.8, 4) is 16.9 Å². The lowest BCUT2D eigenvalue weighted by molar-refractivity contribution is -0.130. The van der Waals surface area contributed by atoms with E-state index in [4.69, 9.17) is 4.74 Å². The number of rotatable bonds is 8. The first-order chi connectivity index (χ1) is 14.4. The Hall–Kier alpha value is -3.22. The molecule has 0 radical (unpaired) electrons. The monoisotopic (exact) mass is 413 g/mol. The molecule has 0 fully saturated rings. The van der Waals surface area contributed by atoms with Gasteiger partial charge in [-0.25, -0.2) is 8.78 Å². The van der Waals surface area contributed by atoms with E-state index >= 15 is 0 Å². The molecule has 158 valence electrons. The maximum atomic E-state index is 13.5. The molecule has 3 aromatic rings. The summed E-state index contributed by atoms with van der Waals surface area (Å²) in [6.45, 7) is 2.76. The molecule has 0 atom stereocenters. The molecule has 0 saturated heterocycles. The number of amides is 1. The average Bonchev–Trinajstić information content (AvgIpc) is 3.09. The molecule has 1 amide bonds. The lowest BCUT2D eigenvalue weighted by atomic mass is 10.1. The maximum Gasteiger partial charge on any atom is 0.222 e. The highest BCUT2D eigenvalue weighted by Crippen LogP contribution is 2.23. The van der Waals surface area contributed by atoms with Crippen LogP contribution in [-0.4, -0.2) is 34.7 Å². The number of carbonyl (C=O) groups excluding carboxylic acids is 1. The van der Waals surface area contributed by atoms with Crippen molar-refractivity contribution < 1.29 is 18.3 Å². The molecule has 0 N–H and O–H groups in total. The molecule has 30 heavy (non-hydrogen) atoms. The number of aromatic nitrogens is 2. The zero-order valence-corrected chi connectivity index (χ0v) is 17.4. The number of carbonyl (C=O) groups is 1. The minimum absolute atomic E-state index is 0.0380. The van der Waals surface area contributed by atoms with Gasteiger partial charge in [0.25, 0.3) is 0 Å². The van der Waals surface area contributed by atoms with Crippen LogP contribution in [0.4, 0.5) is 8.78 Å². The van der Waals surface area contributed by atoms with Crippen molar-refractivity contribution in [1.29, 1.82) is 0 Å². The van der Waals surface area contributed by atoms with Gasteiger partial charge in [0.2, 0.25) is 5.91 Å². The van der Waals surface area contributed by atoms with Gasteiger partial charge in [-0.2, -0.15) is 5.10 Å². The van der Waals surface area contributed by atoms with Gasteiger partial charge < -0.3 is 9.64 Å². The molecular weight excluding hydrogens is 388 g/mol. The van der Waals surface area contributed by atoms with Crippen molar-refractivity contribution in [1.82, 2.24) is 14.7 Å². The molecule has 0 unspecified atom stereocenters. The van der Waals surface area contributed by atoms with E-state index in [9.17, 15) is 13.6 Å². The fourth-order valence-corrected chi connectivity index (χ4v) is 3.34. The van der Waals surface area contributed by atoms with Gasteiger partial charge in [0, 0.05) is 43.9 Å². The molecule has 0 aliphatic carbocycles. The smallest absolute Gasteiger partial charge is 0.222 e. The summed E-state index contributed by atoms with van der Waals surface area (Å²) in [6.07, 6.45) is 2.88. The molecule has 3 rings (SSSR count). The van der Waals surface area contributed by atoms with E-state index in [1.807, 2.05) is 13.1 Å².